The summed E-state index contributed by atoms with van der Waals surface area (Å²) in [6.07, 6.45) is 0.985. The fraction of sp³-hybridized carbons (Fsp3) is 0.188. The summed E-state index contributed by atoms with van der Waals surface area (Å²) < 4.78 is 13.0. The number of carbonyl (C=O) groups is 1. The normalized spacial score (nSPS) is 10.3. The average Bonchev–Trinajstić information content (AvgIpc) is 2.37. The van der Waals surface area contributed by atoms with E-state index in [0.717, 1.165) is 16.7 Å². The van der Waals surface area contributed by atoms with E-state index in [0.29, 0.717) is 12.8 Å². The van der Waals surface area contributed by atoms with E-state index in [1.165, 1.54) is 12.1 Å². The minimum absolute atomic E-state index is 0.109. The van der Waals surface area contributed by atoms with E-state index >= 15 is 0 Å². The van der Waals surface area contributed by atoms with Crippen molar-refractivity contribution < 1.29 is 9.18 Å². The Morgan fingerprint density at radius 2 is 1.89 bits per heavy atom. The van der Waals surface area contributed by atoms with Crippen LogP contribution in [0, 0.1) is 12.7 Å². The topological polar surface area (TPSA) is 17.1 Å². The SMILES string of the molecule is Cc1ccccc1C(=O)CCc1cccc(F)c1. The van der Waals surface area contributed by atoms with Crippen molar-refractivity contribution in [2.24, 2.45) is 0 Å². The van der Waals surface area contributed by atoms with Gasteiger partial charge in [-0.2, -0.15) is 0 Å². The highest BCUT2D eigenvalue weighted by Crippen LogP contribution is 2.13. The molecule has 0 aliphatic heterocycles. The van der Waals surface area contributed by atoms with Gasteiger partial charge in [-0.05, 0) is 36.6 Å². The van der Waals surface area contributed by atoms with Crippen molar-refractivity contribution in [3.63, 3.8) is 0 Å². The molecule has 0 bridgehead atoms. The molecule has 0 saturated carbocycles. The molecule has 0 aliphatic carbocycles. The Hall–Kier alpha value is -1.96. The van der Waals surface area contributed by atoms with Gasteiger partial charge >= 0.3 is 0 Å². The number of halogens is 1. The van der Waals surface area contributed by atoms with Crippen molar-refractivity contribution in [3.8, 4) is 0 Å². The van der Waals surface area contributed by atoms with E-state index in [1.54, 1.807) is 6.07 Å². The van der Waals surface area contributed by atoms with Crippen LogP contribution in [0.2, 0.25) is 0 Å². The Labute approximate surface area is 106 Å². The second kappa shape index (κ2) is 5.58. The Balaban J connectivity index is 2.03. The molecule has 2 aromatic rings. The van der Waals surface area contributed by atoms with Gasteiger partial charge in [0, 0.05) is 12.0 Å². The molecule has 2 rings (SSSR count). The summed E-state index contributed by atoms with van der Waals surface area (Å²) in [4.78, 5) is 12.0. The second-order valence-corrected chi connectivity index (χ2v) is 4.37. The highest BCUT2D eigenvalue weighted by molar-refractivity contribution is 5.97. The molecule has 2 aromatic carbocycles. The van der Waals surface area contributed by atoms with Crippen LogP contribution in [0.5, 0.6) is 0 Å². The molecule has 0 aliphatic rings. The summed E-state index contributed by atoms with van der Waals surface area (Å²) in [7, 11) is 0. The quantitative estimate of drug-likeness (QED) is 0.742. The molecule has 0 aromatic heterocycles. The predicted octanol–water partition coefficient (Wildman–Crippen LogP) is 3.95. The summed E-state index contributed by atoms with van der Waals surface area (Å²) >= 11 is 0. The lowest BCUT2D eigenvalue weighted by atomic mass is 9.99. The fourth-order valence-electron chi connectivity index (χ4n) is 1.97. The molecular formula is C16H15FO. The van der Waals surface area contributed by atoms with Gasteiger partial charge in [0.25, 0.3) is 0 Å². The van der Waals surface area contributed by atoms with Gasteiger partial charge in [0.05, 0.1) is 0 Å². The summed E-state index contributed by atoms with van der Waals surface area (Å²) in [6, 6.07) is 13.9. The molecule has 0 radical (unpaired) electrons. The van der Waals surface area contributed by atoms with Gasteiger partial charge in [-0.1, -0.05) is 36.4 Å². The van der Waals surface area contributed by atoms with E-state index < -0.39 is 0 Å². The van der Waals surface area contributed by atoms with Crippen LogP contribution >= 0.6 is 0 Å². The largest absolute Gasteiger partial charge is 0.294 e. The lowest BCUT2D eigenvalue weighted by Crippen LogP contribution is -2.03. The van der Waals surface area contributed by atoms with Crippen molar-refractivity contribution in [1.29, 1.82) is 0 Å². The minimum Gasteiger partial charge on any atom is -0.294 e. The maximum atomic E-state index is 13.0. The predicted molar refractivity (Wildman–Crippen MR) is 70.2 cm³/mol. The van der Waals surface area contributed by atoms with Crippen LogP contribution < -0.4 is 0 Å². The molecule has 92 valence electrons. The van der Waals surface area contributed by atoms with Gasteiger partial charge in [-0.15, -0.1) is 0 Å². The fourth-order valence-corrected chi connectivity index (χ4v) is 1.97. The number of hydrogen-bond donors (Lipinski definition) is 0. The molecule has 0 fully saturated rings. The van der Waals surface area contributed by atoms with Crippen LogP contribution in [0.3, 0.4) is 0 Å². The van der Waals surface area contributed by atoms with E-state index in [9.17, 15) is 9.18 Å². The minimum atomic E-state index is -0.254. The standard InChI is InChI=1S/C16H15FO/c1-12-5-2-3-8-15(12)16(18)10-9-13-6-4-7-14(17)11-13/h2-8,11H,9-10H2,1H3. The first kappa shape index (κ1) is 12.5. The smallest absolute Gasteiger partial charge is 0.163 e. The van der Waals surface area contributed by atoms with E-state index in [2.05, 4.69) is 0 Å². The van der Waals surface area contributed by atoms with Gasteiger partial charge in [0.1, 0.15) is 5.82 Å². The summed E-state index contributed by atoms with van der Waals surface area (Å²) in [5.74, 6) is -0.145. The summed E-state index contributed by atoms with van der Waals surface area (Å²) in [5, 5.41) is 0. The van der Waals surface area contributed by atoms with Crippen molar-refractivity contribution in [2.45, 2.75) is 19.8 Å². The third kappa shape index (κ3) is 3.04. The number of ketones is 1. The lowest BCUT2D eigenvalue weighted by molar-refractivity contribution is 0.0982. The third-order valence-corrected chi connectivity index (χ3v) is 2.98. The molecule has 18 heavy (non-hydrogen) atoms. The molecule has 1 nitrogen and oxygen atoms in total. The van der Waals surface area contributed by atoms with Gasteiger partial charge in [-0.3, -0.25) is 4.79 Å². The zero-order valence-electron chi connectivity index (χ0n) is 10.3. The zero-order valence-corrected chi connectivity index (χ0v) is 10.3. The van der Waals surface area contributed by atoms with Gasteiger partial charge < -0.3 is 0 Å². The van der Waals surface area contributed by atoms with Crippen molar-refractivity contribution in [2.75, 3.05) is 0 Å². The van der Waals surface area contributed by atoms with E-state index in [-0.39, 0.29) is 11.6 Å². The maximum Gasteiger partial charge on any atom is 0.163 e. The van der Waals surface area contributed by atoms with Gasteiger partial charge in [0.15, 0.2) is 5.78 Å². The third-order valence-electron chi connectivity index (χ3n) is 2.98. The second-order valence-electron chi connectivity index (χ2n) is 4.37. The van der Waals surface area contributed by atoms with Crippen LogP contribution in [0.15, 0.2) is 48.5 Å². The zero-order chi connectivity index (χ0) is 13.0. The molecule has 0 unspecified atom stereocenters. The molecule has 0 atom stereocenters. The number of benzene rings is 2. The number of Topliss-reactive ketones (excluding diaryl/α,β-unsaturated/α-hetero) is 1. The summed E-state index contributed by atoms with van der Waals surface area (Å²) in [5.41, 5.74) is 2.60. The van der Waals surface area contributed by atoms with Crippen LogP contribution in [0.25, 0.3) is 0 Å². The van der Waals surface area contributed by atoms with Crippen LogP contribution in [-0.4, -0.2) is 5.78 Å². The lowest BCUT2D eigenvalue weighted by Gasteiger charge is -2.05. The first-order valence-electron chi connectivity index (χ1n) is 6.00. The molecule has 0 saturated heterocycles. The van der Waals surface area contributed by atoms with E-state index in [4.69, 9.17) is 0 Å². The van der Waals surface area contributed by atoms with Gasteiger partial charge in [0.2, 0.25) is 0 Å². The Kier molecular flexibility index (Phi) is 3.88. The van der Waals surface area contributed by atoms with Crippen molar-refractivity contribution in [3.05, 3.63) is 71.0 Å². The highest BCUT2D eigenvalue weighted by atomic mass is 19.1. The molecule has 0 amide bonds. The first-order chi connectivity index (χ1) is 8.66. The Morgan fingerprint density at radius 3 is 2.61 bits per heavy atom. The first-order valence-corrected chi connectivity index (χ1v) is 6.00. The number of aryl methyl sites for hydroxylation is 2. The average molecular weight is 242 g/mol. The van der Waals surface area contributed by atoms with Crippen LogP contribution in [0.4, 0.5) is 4.39 Å². The number of hydrogen-bond acceptors (Lipinski definition) is 1. The highest BCUT2D eigenvalue weighted by Gasteiger charge is 2.08. The van der Waals surface area contributed by atoms with Crippen molar-refractivity contribution >= 4 is 5.78 Å². The van der Waals surface area contributed by atoms with Crippen LogP contribution in [-0.2, 0) is 6.42 Å². The number of carbonyl (C=O) groups excluding carboxylic acids is 1. The maximum absolute atomic E-state index is 13.0. The van der Waals surface area contributed by atoms with Crippen molar-refractivity contribution in [1.82, 2.24) is 0 Å². The van der Waals surface area contributed by atoms with Gasteiger partial charge in [-0.25, -0.2) is 4.39 Å². The summed E-state index contributed by atoms with van der Waals surface area (Å²) in [6.45, 7) is 1.93. The Bertz CT molecular complexity index is 561. The Morgan fingerprint density at radius 1 is 1.11 bits per heavy atom. The molecule has 2 heteroatoms. The molecule has 0 heterocycles. The monoisotopic (exact) mass is 242 g/mol. The molecular weight excluding hydrogens is 227 g/mol. The van der Waals surface area contributed by atoms with Crippen LogP contribution in [0.1, 0.15) is 27.9 Å². The van der Waals surface area contributed by atoms with E-state index in [1.807, 2.05) is 37.3 Å². The molecule has 0 N–H and O–H groups in total. The molecule has 0 spiro atoms. The number of rotatable bonds is 4.